The van der Waals surface area contributed by atoms with Gasteiger partial charge in [-0.3, -0.25) is 9.59 Å². The highest BCUT2D eigenvalue weighted by Crippen LogP contribution is 2.24. The van der Waals surface area contributed by atoms with Gasteiger partial charge in [0.2, 0.25) is 11.8 Å². The largest absolute Gasteiger partial charge is 0.342 e. The average molecular weight is 253 g/mol. The molecule has 0 bridgehead atoms. The van der Waals surface area contributed by atoms with Gasteiger partial charge in [-0.2, -0.15) is 0 Å². The highest BCUT2D eigenvalue weighted by molar-refractivity contribution is 5.89. The van der Waals surface area contributed by atoms with Crippen molar-refractivity contribution in [3.63, 3.8) is 0 Å². The molecule has 2 saturated heterocycles. The summed E-state index contributed by atoms with van der Waals surface area (Å²) >= 11 is 0. The fourth-order valence-corrected chi connectivity index (χ4v) is 3.05. The lowest BCUT2D eigenvalue weighted by atomic mass is 10.1. The quantitative estimate of drug-likeness (QED) is 0.771. The van der Waals surface area contributed by atoms with Crippen LogP contribution in [0.25, 0.3) is 0 Å². The molecule has 5 nitrogen and oxygen atoms in total. The molecule has 0 radical (unpaired) electrons. The highest BCUT2D eigenvalue weighted by atomic mass is 16.2. The van der Waals surface area contributed by atoms with Crippen LogP contribution in [0, 0.1) is 5.92 Å². The molecule has 2 aliphatic heterocycles. The van der Waals surface area contributed by atoms with E-state index < -0.39 is 0 Å². The van der Waals surface area contributed by atoms with Crippen LogP contribution in [-0.2, 0) is 9.59 Å². The Labute approximate surface area is 108 Å². The van der Waals surface area contributed by atoms with Gasteiger partial charge in [0.1, 0.15) is 0 Å². The van der Waals surface area contributed by atoms with Gasteiger partial charge in [-0.05, 0) is 26.8 Å². The first-order chi connectivity index (χ1) is 8.67. The summed E-state index contributed by atoms with van der Waals surface area (Å²) in [5.74, 6) is 0.187. The van der Waals surface area contributed by atoms with E-state index in [-0.39, 0.29) is 17.7 Å². The fourth-order valence-electron chi connectivity index (χ4n) is 3.05. The molecular formula is C13H23N3O2. The van der Waals surface area contributed by atoms with Crippen molar-refractivity contribution < 1.29 is 9.59 Å². The van der Waals surface area contributed by atoms with Gasteiger partial charge in [0, 0.05) is 38.6 Å². The summed E-state index contributed by atoms with van der Waals surface area (Å²) in [6.07, 6.45) is 2.55. The lowest BCUT2D eigenvalue weighted by Crippen LogP contribution is -2.44. The molecule has 0 spiro atoms. The van der Waals surface area contributed by atoms with Crippen molar-refractivity contribution in [1.82, 2.24) is 15.1 Å². The Morgan fingerprint density at radius 2 is 2.28 bits per heavy atom. The second kappa shape index (κ2) is 5.69. The third-order valence-electron chi connectivity index (χ3n) is 4.05. The molecule has 0 aromatic rings. The molecule has 2 amide bonds. The highest BCUT2D eigenvalue weighted by Gasteiger charge is 2.38. The maximum Gasteiger partial charge on any atom is 0.228 e. The summed E-state index contributed by atoms with van der Waals surface area (Å²) in [5.41, 5.74) is 0. The molecule has 0 aromatic carbocycles. The van der Waals surface area contributed by atoms with E-state index in [1.807, 2.05) is 18.9 Å². The second-order valence-corrected chi connectivity index (χ2v) is 5.22. The second-order valence-electron chi connectivity index (χ2n) is 5.22. The van der Waals surface area contributed by atoms with E-state index in [2.05, 4.69) is 5.32 Å². The number of carbonyl (C=O) groups is 2. The zero-order valence-electron chi connectivity index (χ0n) is 11.3. The van der Waals surface area contributed by atoms with Gasteiger partial charge in [-0.1, -0.05) is 0 Å². The summed E-state index contributed by atoms with van der Waals surface area (Å²) < 4.78 is 0. The third-order valence-corrected chi connectivity index (χ3v) is 4.05. The molecule has 0 aromatic heterocycles. The number of nitrogens with zero attached hydrogens (tertiary/aromatic N) is 2. The Kier molecular flexibility index (Phi) is 4.22. The first kappa shape index (κ1) is 13.3. The molecule has 2 atom stereocenters. The molecule has 2 heterocycles. The van der Waals surface area contributed by atoms with E-state index in [1.165, 1.54) is 0 Å². The predicted octanol–water partition coefficient (Wildman–Crippen LogP) is 0.0652. The van der Waals surface area contributed by atoms with E-state index in [4.69, 9.17) is 0 Å². The van der Waals surface area contributed by atoms with Gasteiger partial charge in [-0.15, -0.1) is 0 Å². The van der Waals surface area contributed by atoms with Crippen LogP contribution in [0.3, 0.4) is 0 Å². The molecule has 5 heteroatoms. The summed E-state index contributed by atoms with van der Waals surface area (Å²) in [6, 6.07) is 0.313. The Morgan fingerprint density at radius 3 is 2.89 bits per heavy atom. The van der Waals surface area contributed by atoms with Gasteiger partial charge < -0.3 is 15.1 Å². The standard InChI is InChI=1S/C13H23N3O2/c1-3-15-9-10(7-12(15)17)13(18)16-6-4-5-11(16)8-14-2/h10-11,14H,3-9H2,1-2H3. The van der Waals surface area contributed by atoms with Crippen molar-refractivity contribution in [2.24, 2.45) is 5.92 Å². The molecule has 0 saturated carbocycles. The van der Waals surface area contributed by atoms with E-state index >= 15 is 0 Å². The Bertz CT molecular complexity index is 332. The van der Waals surface area contributed by atoms with E-state index in [1.54, 1.807) is 4.90 Å². The van der Waals surface area contributed by atoms with Crippen molar-refractivity contribution >= 4 is 11.8 Å². The SMILES string of the molecule is CCN1CC(C(=O)N2CCCC2CNC)CC1=O. The van der Waals surface area contributed by atoms with Gasteiger partial charge in [0.05, 0.1) is 5.92 Å². The third kappa shape index (κ3) is 2.51. The van der Waals surface area contributed by atoms with E-state index in [0.717, 1.165) is 25.9 Å². The molecule has 0 aliphatic carbocycles. The van der Waals surface area contributed by atoms with Crippen LogP contribution in [0.5, 0.6) is 0 Å². The summed E-state index contributed by atoms with van der Waals surface area (Å²) in [5, 5.41) is 3.14. The first-order valence-electron chi connectivity index (χ1n) is 6.90. The molecule has 2 unspecified atom stereocenters. The lowest BCUT2D eigenvalue weighted by molar-refractivity contribution is -0.136. The summed E-state index contributed by atoms with van der Waals surface area (Å²) in [6.45, 7) is 4.98. The van der Waals surface area contributed by atoms with Crippen LogP contribution in [0.1, 0.15) is 26.2 Å². The minimum atomic E-state index is -0.116. The molecule has 18 heavy (non-hydrogen) atoms. The minimum absolute atomic E-state index is 0.116. The van der Waals surface area contributed by atoms with Crippen LogP contribution in [0.2, 0.25) is 0 Å². The summed E-state index contributed by atoms with van der Waals surface area (Å²) in [4.78, 5) is 27.9. The van der Waals surface area contributed by atoms with Gasteiger partial charge in [-0.25, -0.2) is 0 Å². The minimum Gasteiger partial charge on any atom is -0.342 e. The molecule has 2 aliphatic rings. The molecule has 102 valence electrons. The average Bonchev–Trinajstić information content (AvgIpc) is 2.95. The van der Waals surface area contributed by atoms with Crippen LogP contribution < -0.4 is 5.32 Å². The zero-order valence-corrected chi connectivity index (χ0v) is 11.3. The van der Waals surface area contributed by atoms with Gasteiger partial charge in [0.25, 0.3) is 0 Å². The van der Waals surface area contributed by atoms with Crippen molar-refractivity contribution in [3.8, 4) is 0 Å². The Hall–Kier alpha value is -1.10. The normalized spacial score (nSPS) is 28.2. The number of likely N-dealkylation sites (tertiary alicyclic amines) is 2. The van der Waals surface area contributed by atoms with Crippen LogP contribution in [0.4, 0.5) is 0 Å². The van der Waals surface area contributed by atoms with Crippen molar-refractivity contribution in [2.45, 2.75) is 32.2 Å². The van der Waals surface area contributed by atoms with Gasteiger partial charge in [0.15, 0.2) is 0 Å². The van der Waals surface area contributed by atoms with E-state index in [0.29, 0.717) is 25.6 Å². The number of hydrogen-bond acceptors (Lipinski definition) is 3. The predicted molar refractivity (Wildman–Crippen MR) is 69.0 cm³/mol. The zero-order chi connectivity index (χ0) is 13.1. The lowest BCUT2D eigenvalue weighted by Gasteiger charge is -2.27. The smallest absolute Gasteiger partial charge is 0.228 e. The summed E-state index contributed by atoms with van der Waals surface area (Å²) in [7, 11) is 1.92. The molecule has 1 N–H and O–H groups in total. The Morgan fingerprint density at radius 1 is 1.50 bits per heavy atom. The van der Waals surface area contributed by atoms with Gasteiger partial charge >= 0.3 is 0 Å². The monoisotopic (exact) mass is 253 g/mol. The van der Waals surface area contributed by atoms with E-state index in [9.17, 15) is 9.59 Å². The fraction of sp³-hybridized carbons (Fsp3) is 0.846. The van der Waals surface area contributed by atoms with Crippen LogP contribution in [-0.4, -0.2) is 60.9 Å². The Balaban J connectivity index is 1.97. The van der Waals surface area contributed by atoms with Crippen LogP contribution >= 0.6 is 0 Å². The molecular weight excluding hydrogens is 230 g/mol. The number of likely N-dealkylation sites (N-methyl/N-ethyl adjacent to an activating group) is 1. The number of amides is 2. The molecule has 2 fully saturated rings. The number of rotatable bonds is 4. The van der Waals surface area contributed by atoms with Crippen molar-refractivity contribution in [1.29, 1.82) is 0 Å². The first-order valence-corrected chi connectivity index (χ1v) is 6.90. The number of carbonyl (C=O) groups excluding carboxylic acids is 2. The number of hydrogen-bond donors (Lipinski definition) is 1. The van der Waals surface area contributed by atoms with Crippen LogP contribution in [0.15, 0.2) is 0 Å². The number of nitrogens with one attached hydrogen (secondary N) is 1. The van der Waals surface area contributed by atoms with Crippen molar-refractivity contribution in [2.75, 3.05) is 33.2 Å². The molecule has 2 rings (SSSR count). The maximum atomic E-state index is 12.5. The maximum absolute atomic E-state index is 12.5. The topological polar surface area (TPSA) is 52.7 Å². The van der Waals surface area contributed by atoms with Crippen molar-refractivity contribution in [3.05, 3.63) is 0 Å².